The summed E-state index contributed by atoms with van der Waals surface area (Å²) in [5.41, 5.74) is 2.89. The van der Waals surface area contributed by atoms with Gasteiger partial charge in [-0.1, -0.05) is 23.9 Å². The summed E-state index contributed by atoms with van der Waals surface area (Å²) in [4.78, 5) is 0. The molecule has 1 aromatic heterocycles. The molecule has 1 aliphatic rings. The molecule has 2 aromatic carbocycles. The van der Waals surface area contributed by atoms with Crippen molar-refractivity contribution in [2.75, 3.05) is 20.0 Å². The van der Waals surface area contributed by atoms with Crippen LogP contribution in [-0.4, -0.2) is 40.6 Å². The highest BCUT2D eigenvalue weighted by atomic mass is 79.9. The summed E-state index contributed by atoms with van der Waals surface area (Å²) in [5, 5.41) is 14.1. The Morgan fingerprint density at radius 1 is 0.962 bits per heavy atom. The predicted octanol–water partition coefficient (Wildman–Crippen LogP) is 3.90. The molecule has 0 saturated carbocycles. The third-order valence-corrected chi connectivity index (χ3v) is 4.87. The number of halogens is 1. The number of benzene rings is 2. The van der Waals surface area contributed by atoms with Crippen LogP contribution in [0.1, 0.15) is 5.56 Å². The zero-order chi connectivity index (χ0) is 17.2. The van der Waals surface area contributed by atoms with Crippen molar-refractivity contribution in [2.45, 2.75) is 5.16 Å². The van der Waals surface area contributed by atoms with E-state index in [1.54, 1.807) is 30.7 Å². The molecule has 0 bridgehead atoms. The SMILES string of the molecule is Br.COc1ccc(C2=Nn3c(nnc3-c3ccccc3OC)SC2)cc1. The van der Waals surface area contributed by atoms with E-state index in [9.17, 15) is 0 Å². The molecular formula is C18H17BrN4O2S. The minimum atomic E-state index is 0. The van der Waals surface area contributed by atoms with Crippen LogP contribution < -0.4 is 9.47 Å². The largest absolute Gasteiger partial charge is 0.497 e. The highest BCUT2D eigenvalue weighted by Crippen LogP contribution is 2.33. The Morgan fingerprint density at radius 3 is 2.46 bits per heavy atom. The van der Waals surface area contributed by atoms with Crippen molar-refractivity contribution in [1.82, 2.24) is 14.9 Å². The van der Waals surface area contributed by atoms with Crippen molar-refractivity contribution >= 4 is 34.5 Å². The second-order valence-electron chi connectivity index (χ2n) is 5.38. The molecule has 0 unspecified atom stereocenters. The van der Waals surface area contributed by atoms with Crippen molar-refractivity contribution in [3.8, 4) is 22.9 Å². The summed E-state index contributed by atoms with van der Waals surface area (Å²) in [6, 6.07) is 15.6. The molecule has 6 nitrogen and oxygen atoms in total. The van der Waals surface area contributed by atoms with E-state index in [1.807, 2.05) is 48.5 Å². The highest BCUT2D eigenvalue weighted by molar-refractivity contribution is 8.93. The summed E-state index contributed by atoms with van der Waals surface area (Å²) >= 11 is 1.62. The molecule has 0 atom stereocenters. The molecule has 2 heterocycles. The number of nitrogens with zero attached hydrogens (tertiary/aromatic N) is 4. The van der Waals surface area contributed by atoms with Crippen LogP contribution in [0, 0.1) is 0 Å². The molecule has 134 valence electrons. The van der Waals surface area contributed by atoms with Crippen LogP contribution in [0.4, 0.5) is 0 Å². The van der Waals surface area contributed by atoms with Gasteiger partial charge in [-0.05, 0) is 42.0 Å². The van der Waals surface area contributed by atoms with Crippen molar-refractivity contribution in [1.29, 1.82) is 0 Å². The average molecular weight is 433 g/mol. The van der Waals surface area contributed by atoms with Gasteiger partial charge in [0.25, 0.3) is 0 Å². The Kier molecular flexibility index (Phi) is 5.63. The van der Waals surface area contributed by atoms with Crippen molar-refractivity contribution < 1.29 is 9.47 Å². The molecule has 1 aliphatic heterocycles. The quantitative estimate of drug-likeness (QED) is 0.625. The Balaban J connectivity index is 0.00000196. The molecular weight excluding hydrogens is 416 g/mol. The molecule has 0 fully saturated rings. The van der Waals surface area contributed by atoms with Gasteiger partial charge in [0.05, 0.1) is 25.5 Å². The number of fused-ring (bicyclic) bond motifs is 1. The molecule has 3 aromatic rings. The van der Waals surface area contributed by atoms with Crippen LogP contribution in [0.5, 0.6) is 11.5 Å². The maximum Gasteiger partial charge on any atom is 0.212 e. The van der Waals surface area contributed by atoms with Gasteiger partial charge in [-0.15, -0.1) is 27.2 Å². The minimum Gasteiger partial charge on any atom is -0.497 e. The summed E-state index contributed by atoms with van der Waals surface area (Å²) in [6.07, 6.45) is 0. The van der Waals surface area contributed by atoms with Gasteiger partial charge in [-0.2, -0.15) is 9.78 Å². The maximum absolute atomic E-state index is 5.45. The van der Waals surface area contributed by atoms with Crippen molar-refractivity contribution in [2.24, 2.45) is 5.10 Å². The van der Waals surface area contributed by atoms with Gasteiger partial charge < -0.3 is 9.47 Å². The second-order valence-corrected chi connectivity index (χ2v) is 6.32. The first-order chi connectivity index (χ1) is 12.3. The first-order valence-electron chi connectivity index (χ1n) is 7.74. The normalized spacial score (nSPS) is 12.6. The van der Waals surface area contributed by atoms with E-state index in [1.165, 1.54) is 0 Å². The number of aromatic nitrogens is 3. The van der Waals surface area contributed by atoms with Gasteiger partial charge in [0.15, 0.2) is 5.82 Å². The van der Waals surface area contributed by atoms with E-state index in [0.717, 1.165) is 39.2 Å². The van der Waals surface area contributed by atoms with Crippen LogP contribution in [0.25, 0.3) is 11.4 Å². The predicted molar refractivity (Wildman–Crippen MR) is 108 cm³/mol. The van der Waals surface area contributed by atoms with Crippen molar-refractivity contribution in [3.63, 3.8) is 0 Å². The lowest BCUT2D eigenvalue weighted by Gasteiger charge is -2.15. The molecule has 0 amide bonds. The summed E-state index contributed by atoms with van der Waals surface area (Å²) in [7, 11) is 3.30. The Bertz CT molecular complexity index is 941. The number of hydrogen-bond acceptors (Lipinski definition) is 6. The van der Waals surface area contributed by atoms with Crippen molar-refractivity contribution in [3.05, 3.63) is 54.1 Å². The smallest absolute Gasteiger partial charge is 0.212 e. The molecule has 26 heavy (non-hydrogen) atoms. The molecule has 0 radical (unpaired) electrons. The number of ether oxygens (including phenoxy) is 2. The maximum atomic E-state index is 5.45. The molecule has 0 spiro atoms. The average Bonchev–Trinajstić information content (AvgIpc) is 3.11. The topological polar surface area (TPSA) is 61.5 Å². The number of thioether (sulfide) groups is 1. The monoisotopic (exact) mass is 432 g/mol. The van der Waals surface area contributed by atoms with Crippen LogP contribution in [0.2, 0.25) is 0 Å². The third-order valence-electron chi connectivity index (χ3n) is 3.94. The molecule has 8 heteroatoms. The fraction of sp³-hybridized carbons (Fsp3) is 0.167. The Morgan fingerprint density at radius 2 is 1.73 bits per heavy atom. The first-order valence-corrected chi connectivity index (χ1v) is 8.72. The highest BCUT2D eigenvalue weighted by Gasteiger charge is 2.22. The van der Waals surface area contributed by atoms with E-state index >= 15 is 0 Å². The van der Waals surface area contributed by atoms with Crippen LogP contribution >= 0.6 is 28.7 Å². The van der Waals surface area contributed by atoms with Gasteiger partial charge in [0.1, 0.15) is 11.5 Å². The zero-order valence-corrected chi connectivity index (χ0v) is 16.8. The van der Waals surface area contributed by atoms with Crippen LogP contribution in [0.3, 0.4) is 0 Å². The number of hydrogen-bond donors (Lipinski definition) is 0. The molecule has 4 rings (SSSR count). The summed E-state index contributed by atoms with van der Waals surface area (Å²) in [5.74, 6) is 2.99. The van der Waals surface area contributed by atoms with E-state index in [2.05, 4.69) is 10.2 Å². The summed E-state index contributed by atoms with van der Waals surface area (Å²) < 4.78 is 12.4. The van der Waals surface area contributed by atoms with Crippen LogP contribution in [0.15, 0.2) is 58.8 Å². The first kappa shape index (κ1) is 18.5. The molecule has 0 N–H and O–H groups in total. The van der Waals surface area contributed by atoms with E-state index in [-0.39, 0.29) is 17.0 Å². The number of rotatable bonds is 4. The van der Waals surface area contributed by atoms with Gasteiger partial charge in [-0.3, -0.25) is 0 Å². The lowest BCUT2D eigenvalue weighted by molar-refractivity contribution is 0.415. The number of methoxy groups -OCH3 is 2. The van der Waals surface area contributed by atoms with E-state index in [4.69, 9.17) is 14.6 Å². The Labute approximate surface area is 166 Å². The van der Waals surface area contributed by atoms with E-state index in [0.29, 0.717) is 5.82 Å². The van der Waals surface area contributed by atoms with Gasteiger partial charge in [0, 0.05) is 5.75 Å². The standard InChI is InChI=1S/C18H16N4O2S.BrH/c1-23-13-9-7-12(8-10-13)15-11-25-18-20-19-17(22(18)21-15)14-5-3-4-6-16(14)24-2;/h3-10H,11H2,1-2H3;1H. The summed E-state index contributed by atoms with van der Waals surface area (Å²) in [6.45, 7) is 0. The third kappa shape index (κ3) is 3.34. The zero-order valence-electron chi connectivity index (χ0n) is 14.2. The van der Waals surface area contributed by atoms with Gasteiger partial charge in [-0.25, -0.2) is 0 Å². The lowest BCUT2D eigenvalue weighted by Crippen LogP contribution is -2.13. The molecule has 0 aliphatic carbocycles. The van der Waals surface area contributed by atoms with E-state index < -0.39 is 0 Å². The molecule has 0 saturated heterocycles. The minimum absolute atomic E-state index is 0. The lowest BCUT2D eigenvalue weighted by atomic mass is 10.1. The van der Waals surface area contributed by atoms with Gasteiger partial charge >= 0.3 is 0 Å². The fourth-order valence-electron chi connectivity index (χ4n) is 2.65. The fourth-order valence-corrected chi connectivity index (χ4v) is 3.49. The number of para-hydroxylation sites is 1. The second kappa shape index (κ2) is 7.92. The Hall–Kier alpha value is -2.32. The van der Waals surface area contributed by atoms with Crippen LogP contribution in [-0.2, 0) is 0 Å². The van der Waals surface area contributed by atoms with Gasteiger partial charge in [0.2, 0.25) is 5.16 Å².